The second kappa shape index (κ2) is 45.6. The number of allylic oxidation sites excluding steroid dienone is 4. The number of rotatable bonds is 49. The van der Waals surface area contributed by atoms with E-state index in [2.05, 4.69) is 38.2 Å². The molecule has 0 rings (SSSR count). The van der Waals surface area contributed by atoms with E-state index in [1.807, 2.05) is 21.1 Å². The van der Waals surface area contributed by atoms with Gasteiger partial charge in [-0.1, -0.05) is 218 Å². The molecule has 0 aliphatic heterocycles. The first-order valence-corrected chi connectivity index (χ1v) is 28.0. The van der Waals surface area contributed by atoms with E-state index in [9.17, 15) is 19.0 Å². The molecule has 2 unspecified atom stereocenters. The van der Waals surface area contributed by atoms with Crippen LogP contribution in [0.5, 0.6) is 0 Å². The van der Waals surface area contributed by atoms with Crippen LogP contribution in [0.2, 0.25) is 0 Å². The Morgan fingerprint density at radius 1 is 0.492 bits per heavy atom. The number of ether oxygens (including phenoxy) is 2. The number of esters is 2. The molecule has 0 saturated heterocycles. The number of nitrogens with zero attached hydrogens (tertiary/aromatic N) is 1. The van der Waals surface area contributed by atoms with Crippen molar-refractivity contribution in [3.63, 3.8) is 0 Å². The lowest BCUT2D eigenvalue weighted by molar-refractivity contribution is -0.870. The highest BCUT2D eigenvalue weighted by Gasteiger charge is 2.21. The first kappa shape index (κ1) is 61.5. The van der Waals surface area contributed by atoms with Crippen molar-refractivity contribution >= 4 is 19.8 Å². The molecule has 0 heterocycles. The van der Waals surface area contributed by atoms with Crippen molar-refractivity contribution in [3.8, 4) is 0 Å². The van der Waals surface area contributed by atoms with Crippen molar-refractivity contribution in [2.75, 3.05) is 47.5 Å². The third-order valence-electron chi connectivity index (χ3n) is 11.7. The number of hydrogen-bond acceptors (Lipinski definition) is 8. The normalized spacial score (nSPS) is 13.6. The Balaban J connectivity index is 4.20. The van der Waals surface area contributed by atoms with E-state index in [0.717, 1.165) is 44.9 Å². The summed E-state index contributed by atoms with van der Waals surface area (Å²) in [6.07, 6.45) is 52.0. The Morgan fingerprint density at radius 2 is 0.857 bits per heavy atom. The number of carbonyl (C=O) groups is 2. The van der Waals surface area contributed by atoms with Crippen molar-refractivity contribution < 1.29 is 42.1 Å². The van der Waals surface area contributed by atoms with Gasteiger partial charge < -0.3 is 27.9 Å². The third-order valence-corrected chi connectivity index (χ3v) is 12.7. The van der Waals surface area contributed by atoms with Gasteiger partial charge in [0.2, 0.25) is 0 Å². The summed E-state index contributed by atoms with van der Waals surface area (Å²) in [5.74, 6) is -0.823. The standard InChI is InChI=1S/C53H102NO8P/c1-6-8-10-12-14-16-18-20-22-24-25-26-27-28-29-30-32-34-36-38-40-42-44-46-53(56)62-51(50-61-63(57,58)60-48-47-54(3,4)5)49-59-52(55)45-43-41-39-37-35-33-31-23-21-19-17-15-13-11-9-7-2/h18,20,24-25,51H,6-17,19,21-23,26-50H2,1-5H3/b20-18-,25-24-. The van der Waals surface area contributed by atoms with Crippen LogP contribution in [0.1, 0.15) is 251 Å². The van der Waals surface area contributed by atoms with Gasteiger partial charge in [0.25, 0.3) is 7.82 Å². The maximum atomic E-state index is 12.8. The number of phosphoric acid groups is 1. The van der Waals surface area contributed by atoms with Crippen molar-refractivity contribution in [2.45, 2.75) is 258 Å². The zero-order valence-electron chi connectivity index (χ0n) is 42.0. The number of phosphoric ester groups is 1. The molecule has 0 spiro atoms. The van der Waals surface area contributed by atoms with Crippen LogP contribution in [0.25, 0.3) is 0 Å². The first-order valence-electron chi connectivity index (χ1n) is 26.5. The average Bonchev–Trinajstić information content (AvgIpc) is 3.24. The van der Waals surface area contributed by atoms with Crippen molar-refractivity contribution in [1.29, 1.82) is 0 Å². The van der Waals surface area contributed by atoms with Gasteiger partial charge in [0.1, 0.15) is 19.8 Å². The lowest BCUT2D eigenvalue weighted by Gasteiger charge is -2.28. The largest absolute Gasteiger partial charge is 0.756 e. The summed E-state index contributed by atoms with van der Waals surface area (Å²) in [5, 5.41) is 0. The number of carbonyl (C=O) groups excluding carboxylic acids is 2. The van der Waals surface area contributed by atoms with E-state index in [1.54, 1.807) is 0 Å². The molecule has 0 aromatic carbocycles. The molecule has 63 heavy (non-hydrogen) atoms. The summed E-state index contributed by atoms with van der Waals surface area (Å²) in [6, 6.07) is 0. The van der Waals surface area contributed by atoms with Gasteiger partial charge in [0.15, 0.2) is 6.10 Å². The summed E-state index contributed by atoms with van der Waals surface area (Å²) in [6.45, 7) is 4.26. The fourth-order valence-electron chi connectivity index (χ4n) is 7.57. The van der Waals surface area contributed by atoms with Gasteiger partial charge in [0, 0.05) is 12.8 Å². The minimum atomic E-state index is -4.63. The fourth-order valence-corrected chi connectivity index (χ4v) is 8.30. The number of hydrogen-bond donors (Lipinski definition) is 0. The summed E-state index contributed by atoms with van der Waals surface area (Å²) in [4.78, 5) is 37.7. The smallest absolute Gasteiger partial charge is 0.306 e. The Kier molecular flexibility index (Phi) is 44.5. The molecule has 0 fully saturated rings. The molecule has 372 valence electrons. The minimum Gasteiger partial charge on any atom is -0.756 e. The van der Waals surface area contributed by atoms with E-state index in [1.165, 1.54) is 173 Å². The van der Waals surface area contributed by atoms with Crippen molar-refractivity contribution in [2.24, 2.45) is 0 Å². The number of likely N-dealkylation sites (N-methyl/N-ethyl adjacent to an activating group) is 1. The molecule has 0 aromatic rings. The van der Waals surface area contributed by atoms with Gasteiger partial charge in [-0.05, 0) is 44.9 Å². The molecule has 2 atom stereocenters. The van der Waals surface area contributed by atoms with Crippen LogP contribution >= 0.6 is 7.82 Å². The Labute approximate surface area is 389 Å². The third kappa shape index (κ3) is 49.8. The highest BCUT2D eigenvalue weighted by Crippen LogP contribution is 2.38. The van der Waals surface area contributed by atoms with E-state index in [-0.39, 0.29) is 32.0 Å². The Morgan fingerprint density at radius 3 is 1.25 bits per heavy atom. The summed E-state index contributed by atoms with van der Waals surface area (Å²) in [5.41, 5.74) is 0. The van der Waals surface area contributed by atoms with Crippen LogP contribution in [0, 0.1) is 0 Å². The molecule has 0 N–H and O–H groups in total. The zero-order valence-corrected chi connectivity index (χ0v) is 42.9. The molecule has 0 aromatic heterocycles. The van der Waals surface area contributed by atoms with E-state index >= 15 is 0 Å². The Hall–Kier alpha value is -1.51. The maximum absolute atomic E-state index is 12.8. The maximum Gasteiger partial charge on any atom is 0.306 e. The molecule has 0 aliphatic rings. The summed E-state index contributed by atoms with van der Waals surface area (Å²) in [7, 11) is 1.18. The SMILES string of the molecule is CCCCCCC/C=C\C/C=C\CCCCCCCCCCCCCC(=O)OC(COC(=O)CCCCCCCCCCCCCCCCCC)COP(=O)([O-])OCC[N+](C)(C)C. The number of quaternary nitrogens is 1. The lowest BCUT2D eigenvalue weighted by atomic mass is 10.0. The molecular formula is C53H102NO8P. The van der Waals surface area contributed by atoms with Gasteiger partial charge in [-0.15, -0.1) is 0 Å². The molecule has 10 heteroatoms. The van der Waals surface area contributed by atoms with Crippen molar-refractivity contribution in [3.05, 3.63) is 24.3 Å². The van der Waals surface area contributed by atoms with Crippen LogP contribution in [0.3, 0.4) is 0 Å². The quantitative estimate of drug-likeness (QED) is 0.0195. The van der Waals surface area contributed by atoms with E-state index in [0.29, 0.717) is 17.4 Å². The summed E-state index contributed by atoms with van der Waals surface area (Å²) < 4.78 is 34.1. The number of unbranched alkanes of at least 4 members (excludes halogenated alkanes) is 31. The Bertz CT molecular complexity index is 1120. The van der Waals surface area contributed by atoms with Crippen LogP contribution in [0.4, 0.5) is 0 Å². The average molecular weight is 912 g/mol. The van der Waals surface area contributed by atoms with Gasteiger partial charge in [0.05, 0.1) is 27.7 Å². The molecule has 9 nitrogen and oxygen atoms in total. The zero-order chi connectivity index (χ0) is 46.4. The first-order chi connectivity index (χ1) is 30.5. The fraction of sp³-hybridized carbons (Fsp3) is 0.887. The molecule has 0 saturated carbocycles. The second-order valence-electron chi connectivity index (χ2n) is 19.2. The predicted molar refractivity (Wildman–Crippen MR) is 264 cm³/mol. The minimum absolute atomic E-state index is 0.0288. The second-order valence-corrected chi connectivity index (χ2v) is 20.7. The monoisotopic (exact) mass is 912 g/mol. The highest BCUT2D eigenvalue weighted by atomic mass is 31.2. The summed E-state index contributed by atoms with van der Waals surface area (Å²) >= 11 is 0. The topological polar surface area (TPSA) is 111 Å². The van der Waals surface area contributed by atoms with Crippen LogP contribution in [0.15, 0.2) is 24.3 Å². The predicted octanol–water partition coefficient (Wildman–Crippen LogP) is 15.2. The van der Waals surface area contributed by atoms with Gasteiger partial charge >= 0.3 is 11.9 Å². The lowest BCUT2D eigenvalue weighted by Crippen LogP contribution is -2.37. The molecule has 0 bridgehead atoms. The van der Waals surface area contributed by atoms with Crippen LogP contribution in [-0.2, 0) is 32.7 Å². The van der Waals surface area contributed by atoms with Crippen molar-refractivity contribution in [1.82, 2.24) is 0 Å². The van der Waals surface area contributed by atoms with Gasteiger partial charge in [-0.3, -0.25) is 14.2 Å². The van der Waals surface area contributed by atoms with Gasteiger partial charge in [-0.25, -0.2) is 0 Å². The highest BCUT2D eigenvalue weighted by molar-refractivity contribution is 7.45. The van der Waals surface area contributed by atoms with E-state index in [4.69, 9.17) is 18.5 Å². The molecule has 0 aliphatic carbocycles. The van der Waals surface area contributed by atoms with Crippen LogP contribution < -0.4 is 4.89 Å². The molecule has 0 radical (unpaired) electrons. The molecular weight excluding hydrogens is 810 g/mol. The molecule has 0 amide bonds. The van der Waals surface area contributed by atoms with E-state index < -0.39 is 26.5 Å². The van der Waals surface area contributed by atoms with Gasteiger partial charge in [-0.2, -0.15) is 0 Å². The van der Waals surface area contributed by atoms with Crippen LogP contribution in [-0.4, -0.2) is 70.0 Å².